The number of hydrogen-bond acceptors (Lipinski definition) is 2. The molecule has 2 rings (SSSR count). The molecule has 3 heteroatoms. The maximum absolute atomic E-state index is 13.1. The molecule has 1 saturated heterocycles. The van der Waals surface area contributed by atoms with Gasteiger partial charge in [0.2, 0.25) is 0 Å². The van der Waals surface area contributed by atoms with Gasteiger partial charge in [-0.05, 0) is 31.8 Å². The number of hydrogen-bond donors (Lipinski definition) is 0. The van der Waals surface area contributed by atoms with Gasteiger partial charge in [0.15, 0.2) is 0 Å². The van der Waals surface area contributed by atoms with Gasteiger partial charge in [-0.15, -0.1) is 0 Å². The Balaban J connectivity index is 2.21. The van der Waals surface area contributed by atoms with Crippen molar-refractivity contribution in [2.45, 2.75) is 6.04 Å². The summed E-state index contributed by atoms with van der Waals surface area (Å²) >= 11 is 0. The summed E-state index contributed by atoms with van der Waals surface area (Å²) in [5.41, 5.74) is 1.07. The number of piperazine rings is 1. The smallest absolute Gasteiger partial charge is 0.123 e. The summed E-state index contributed by atoms with van der Waals surface area (Å²) in [7, 11) is 4.21. The van der Waals surface area contributed by atoms with Crippen LogP contribution in [0.1, 0.15) is 11.6 Å². The van der Waals surface area contributed by atoms with Crippen LogP contribution in [0.2, 0.25) is 0 Å². The normalized spacial score (nSPS) is 24.3. The molecule has 0 amide bonds. The maximum Gasteiger partial charge on any atom is 0.123 e. The van der Waals surface area contributed by atoms with E-state index in [0.29, 0.717) is 6.04 Å². The maximum atomic E-state index is 13.1. The van der Waals surface area contributed by atoms with Gasteiger partial charge < -0.3 is 4.90 Å². The van der Waals surface area contributed by atoms with Crippen LogP contribution in [0.15, 0.2) is 24.3 Å². The van der Waals surface area contributed by atoms with E-state index in [2.05, 4.69) is 23.9 Å². The van der Waals surface area contributed by atoms with E-state index in [1.165, 1.54) is 6.07 Å². The summed E-state index contributed by atoms with van der Waals surface area (Å²) in [4.78, 5) is 4.57. The lowest BCUT2D eigenvalue weighted by molar-refractivity contribution is 0.115. The highest BCUT2D eigenvalue weighted by molar-refractivity contribution is 5.21. The minimum absolute atomic E-state index is 0.144. The zero-order valence-corrected chi connectivity index (χ0v) is 9.28. The van der Waals surface area contributed by atoms with E-state index in [1.54, 1.807) is 12.1 Å². The van der Waals surface area contributed by atoms with Crippen LogP contribution >= 0.6 is 0 Å². The highest BCUT2D eigenvalue weighted by atomic mass is 19.1. The number of likely N-dealkylation sites (N-methyl/N-ethyl adjacent to an activating group) is 2. The summed E-state index contributed by atoms with van der Waals surface area (Å²) in [5.74, 6) is -0.144. The Hall–Kier alpha value is -0.930. The van der Waals surface area contributed by atoms with E-state index >= 15 is 0 Å². The summed E-state index contributed by atoms with van der Waals surface area (Å²) in [6.07, 6.45) is 0. The van der Waals surface area contributed by atoms with Crippen LogP contribution < -0.4 is 0 Å². The van der Waals surface area contributed by atoms with Gasteiger partial charge in [-0.2, -0.15) is 0 Å². The van der Waals surface area contributed by atoms with E-state index in [0.717, 1.165) is 25.2 Å². The lowest BCUT2D eigenvalue weighted by atomic mass is 10.0. The average Bonchev–Trinajstić information content (AvgIpc) is 2.22. The number of benzene rings is 1. The summed E-state index contributed by atoms with van der Waals surface area (Å²) in [5, 5.41) is 0. The Kier molecular flexibility index (Phi) is 3.03. The Morgan fingerprint density at radius 2 is 2.07 bits per heavy atom. The summed E-state index contributed by atoms with van der Waals surface area (Å²) < 4.78 is 13.1. The van der Waals surface area contributed by atoms with Gasteiger partial charge in [0.05, 0.1) is 0 Å². The first kappa shape index (κ1) is 10.6. The Morgan fingerprint density at radius 3 is 2.80 bits per heavy atom. The summed E-state index contributed by atoms with van der Waals surface area (Å²) in [6.45, 7) is 3.10. The van der Waals surface area contributed by atoms with Crippen LogP contribution in [0, 0.1) is 5.82 Å². The van der Waals surface area contributed by atoms with E-state index in [4.69, 9.17) is 0 Å². The zero-order valence-electron chi connectivity index (χ0n) is 9.28. The van der Waals surface area contributed by atoms with Crippen molar-refractivity contribution in [3.8, 4) is 0 Å². The van der Waals surface area contributed by atoms with Crippen LogP contribution in [-0.2, 0) is 0 Å². The second-order valence-electron chi connectivity index (χ2n) is 4.31. The molecule has 82 valence electrons. The van der Waals surface area contributed by atoms with Crippen LogP contribution in [0.3, 0.4) is 0 Å². The van der Waals surface area contributed by atoms with Gasteiger partial charge in [-0.25, -0.2) is 4.39 Å². The fraction of sp³-hybridized carbons (Fsp3) is 0.500. The topological polar surface area (TPSA) is 6.48 Å². The van der Waals surface area contributed by atoms with E-state index in [1.807, 2.05) is 6.07 Å². The number of halogens is 1. The molecule has 0 N–H and O–H groups in total. The highest BCUT2D eigenvalue weighted by Crippen LogP contribution is 2.23. The SMILES string of the molecule is CN1CCN(C)C(c2cccc(F)c2)C1. The first-order valence-electron chi connectivity index (χ1n) is 5.31. The zero-order chi connectivity index (χ0) is 10.8. The fourth-order valence-corrected chi connectivity index (χ4v) is 2.08. The lowest BCUT2D eigenvalue weighted by Gasteiger charge is -2.37. The Morgan fingerprint density at radius 1 is 1.27 bits per heavy atom. The molecule has 1 fully saturated rings. The van der Waals surface area contributed by atoms with E-state index < -0.39 is 0 Å². The van der Waals surface area contributed by atoms with Crippen LogP contribution in [0.5, 0.6) is 0 Å². The molecule has 1 atom stereocenters. The first-order valence-corrected chi connectivity index (χ1v) is 5.31. The Bertz CT molecular complexity index is 340. The molecule has 0 bridgehead atoms. The highest BCUT2D eigenvalue weighted by Gasteiger charge is 2.23. The molecule has 0 saturated carbocycles. The van der Waals surface area contributed by atoms with Crippen molar-refractivity contribution in [3.05, 3.63) is 35.6 Å². The summed E-state index contributed by atoms with van der Waals surface area (Å²) in [6, 6.07) is 7.24. The minimum Gasteiger partial charge on any atom is -0.303 e. The number of rotatable bonds is 1. The van der Waals surface area contributed by atoms with Gasteiger partial charge in [0, 0.05) is 25.7 Å². The third-order valence-corrected chi connectivity index (χ3v) is 3.08. The van der Waals surface area contributed by atoms with Gasteiger partial charge in [0.25, 0.3) is 0 Å². The van der Waals surface area contributed by atoms with Gasteiger partial charge in [-0.3, -0.25) is 4.90 Å². The molecule has 1 unspecified atom stereocenters. The molecule has 1 aromatic rings. The van der Waals surface area contributed by atoms with Crippen LogP contribution in [0.25, 0.3) is 0 Å². The monoisotopic (exact) mass is 208 g/mol. The second-order valence-corrected chi connectivity index (χ2v) is 4.31. The number of nitrogens with zero attached hydrogens (tertiary/aromatic N) is 2. The Labute approximate surface area is 90.3 Å². The van der Waals surface area contributed by atoms with Crippen molar-refractivity contribution in [2.24, 2.45) is 0 Å². The fourth-order valence-electron chi connectivity index (χ4n) is 2.08. The molecular formula is C12H17FN2. The predicted molar refractivity (Wildman–Crippen MR) is 59.3 cm³/mol. The standard InChI is InChI=1S/C12H17FN2/c1-14-6-7-15(2)12(9-14)10-4-3-5-11(13)8-10/h3-5,8,12H,6-7,9H2,1-2H3. The molecule has 1 aliphatic heterocycles. The van der Waals surface area contributed by atoms with Crippen molar-refractivity contribution in [1.82, 2.24) is 9.80 Å². The van der Waals surface area contributed by atoms with Crippen molar-refractivity contribution < 1.29 is 4.39 Å². The van der Waals surface area contributed by atoms with Crippen LogP contribution in [-0.4, -0.2) is 43.5 Å². The van der Waals surface area contributed by atoms with Crippen molar-refractivity contribution in [3.63, 3.8) is 0 Å². The van der Waals surface area contributed by atoms with E-state index in [9.17, 15) is 4.39 Å². The average molecular weight is 208 g/mol. The second kappa shape index (κ2) is 4.29. The van der Waals surface area contributed by atoms with Crippen molar-refractivity contribution in [2.75, 3.05) is 33.7 Å². The largest absolute Gasteiger partial charge is 0.303 e. The van der Waals surface area contributed by atoms with E-state index in [-0.39, 0.29) is 5.82 Å². The molecule has 1 heterocycles. The molecule has 0 aromatic heterocycles. The molecule has 1 aromatic carbocycles. The molecule has 1 aliphatic rings. The minimum atomic E-state index is -0.144. The van der Waals surface area contributed by atoms with Gasteiger partial charge in [0.1, 0.15) is 5.82 Å². The molecule has 15 heavy (non-hydrogen) atoms. The molecule has 0 aliphatic carbocycles. The molecule has 0 spiro atoms. The predicted octanol–water partition coefficient (Wildman–Crippen LogP) is 1.74. The molecule has 2 nitrogen and oxygen atoms in total. The third kappa shape index (κ3) is 2.36. The van der Waals surface area contributed by atoms with Crippen molar-refractivity contribution >= 4 is 0 Å². The molecular weight excluding hydrogens is 191 g/mol. The quantitative estimate of drug-likeness (QED) is 0.693. The third-order valence-electron chi connectivity index (χ3n) is 3.08. The van der Waals surface area contributed by atoms with Gasteiger partial charge >= 0.3 is 0 Å². The van der Waals surface area contributed by atoms with Gasteiger partial charge in [-0.1, -0.05) is 12.1 Å². The van der Waals surface area contributed by atoms with Crippen LogP contribution in [0.4, 0.5) is 4.39 Å². The lowest BCUT2D eigenvalue weighted by Crippen LogP contribution is -2.44. The molecule has 0 radical (unpaired) electrons. The first-order chi connectivity index (χ1) is 7.16. The van der Waals surface area contributed by atoms with Crippen molar-refractivity contribution in [1.29, 1.82) is 0 Å².